The van der Waals surface area contributed by atoms with E-state index < -0.39 is 41.7 Å². The fraction of sp³-hybridized carbons (Fsp3) is 0.538. The Morgan fingerprint density at radius 1 is 1.35 bits per heavy atom. The number of carbonyl (C=O) groups excluding carboxylic acids is 1. The summed E-state index contributed by atoms with van der Waals surface area (Å²) in [4.78, 5) is 30.6. The number of aryl methyl sites for hydroxylation is 1. The van der Waals surface area contributed by atoms with E-state index in [-0.39, 0.29) is 11.7 Å². The highest BCUT2D eigenvalue weighted by Crippen LogP contribution is 2.26. The fourth-order valence-electron chi connectivity index (χ4n) is 2.04. The van der Waals surface area contributed by atoms with E-state index in [4.69, 9.17) is 0 Å². The van der Waals surface area contributed by atoms with Gasteiger partial charge in [-0.15, -0.1) is 10.2 Å². The lowest BCUT2D eigenvalue weighted by Gasteiger charge is -2.19. The molecule has 2 heterocycles. The van der Waals surface area contributed by atoms with Crippen LogP contribution in [0.1, 0.15) is 42.5 Å². The van der Waals surface area contributed by atoms with Crippen LogP contribution in [0.5, 0.6) is 0 Å². The molecule has 3 N–H and O–H groups in total. The normalized spacial score (nSPS) is 14.1. The molecule has 0 saturated heterocycles. The number of hydrogen-bond acceptors (Lipinski definition) is 6. The molecule has 2 atom stereocenters. The van der Waals surface area contributed by atoms with Crippen molar-refractivity contribution in [2.24, 2.45) is 5.92 Å². The Bertz CT molecular complexity index is 814. The number of carboxylic acid groups (broad SMARTS) is 1. The maximum Gasteiger partial charge on any atom is 0.451 e. The molecule has 2 aromatic heterocycles. The van der Waals surface area contributed by atoms with Crippen LogP contribution in [-0.4, -0.2) is 53.0 Å². The molecule has 10 nitrogen and oxygen atoms in total. The van der Waals surface area contributed by atoms with Crippen molar-refractivity contribution in [1.29, 1.82) is 0 Å². The molecule has 0 bridgehead atoms. The molecule has 13 heteroatoms. The summed E-state index contributed by atoms with van der Waals surface area (Å²) in [5.74, 6) is -4.55. The zero-order valence-corrected chi connectivity index (χ0v) is 14.0. The van der Waals surface area contributed by atoms with Gasteiger partial charge in [0.15, 0.2) is 0 Å². The molecule has 0 aliphatic carbocycles. The van der Waals surface area contributed by atoms with Crippen LogP contribution in [0.25, 0.3) is 5.95 Å². The van der Waals surface area contributed by atoms with E-state index in [1.807, 2.05) is 0 Å². The van der Waals surface area contributed by atoms with E-state index in [0.717, 1.165) is 4.68 Å². The lowest BCUT2D eigenvalue weighted by Crippen LogP contribution is -2.45. The molecule has 0 aliphatic heterocycles. The topological polar surface area (TPSA) is 139 Å². The zero-order chi connectivity index (χ0) is 19.6. The first kappa shape index (κ1) is 19.3. The third-order valence-corrected chi connectivity index (χ3v) is 3.67. The van der Waals surface area contributed by atoms with Crippen LogP contribution >= 0.6 is 0 Å². The van der Waals surface area contributed by atoms with Crippen LogP contribution < -0.4 is 5.32 Å². The molecule has 2 unspecified atom stereocenters. The minimum absolute atomic E-state index is 0.0540. The number of nitrogens with one attached hydrogen (secondary N) is 2. The van der Waals surface area contributed by atoms with Gasteiger partial charge in [0, 0.05) is 0 Å². The summed E-state index contributed by atoms with van der Waals surface area (Å²) < 4.78 is 38.6. The molecule has 0 radical (unpaired) electrons. The quantitative estimate of drug-likeness (QED) is 0.683. The Morgan fingerprint density at radius 2 is 2.00 bits per heavy atom. The molecular formula is C13H16F3N7O3. The predicted molar refractivity (Wildman–Crippen MR) is 79.4 cm³/mol. The molecule has 142 valence electrons. The van der Waals surface area contributed by atoms with Crippen molar-refractivity contribution in [2.75, 3.05) is 0 Å². The van der Waals surface area contributed by atoms with E-state index in [1.54, 1.807) is 18.9 Å². The highest BCUT2D eigenvalue weighted by atomic mass is 19.4. The van der Waals surface area contributed by atoms with Gasteiger partial charge in [0.1, 0.15) is 11.9 Å². The SMILES string of the molecule is CCC(C)C(NC(=O)c1nc(C)n(-c2n[nH]c(C(F)(F)F)n2)n1)C(=O)O. The Balaban J connectivity index is 2.25. The monoisotopic (exact) mass is 375 g/mol. The summed E-state index contributed by atoms with van der Waals surface area (Å²) in [6.07, 6.45) is -4.21. The van der Waals surface area contributed by atoms with Gasteiger partial charge in [-0.1, -0.05) is 20.3 Å². The minimum Gasteiger partial charge on any atom is -0.480 e. The summed E-state index contributed by atoms with van der Waals surface area (Å²) in [5, 5.41) is 20.4. The molecule has 0 spiro atoms. The van der Waals surface area contributed by atoms with E-state index in [0.29, 0.717) is 6.42 Å². The first-order valence-corrected chi connectivity index (χ1v) is 7.51. The summed E-state index contributed by atoms with van der Waals surface area (Å²) in [7, 11) is 0. The first-order valence-electron chi connectivity index (χ1n) is 7.51. The lowest BCUT2D eigenvalue weighted by atomic mass is 9.99. The van der Waals surface area contributed by atoms with Gasteiger partial charge in [-0.2, -0.15) is 22.8 Å². The van der Waals surface area contributed by atoms with Gasteiger partial charge in [0.05, 0.1) is 0 Å². The maximum absolute atomic E-state index is 12.6. The Kier molecular flexibility index (Phi) is 5.28. The van der Waals surface area contributed by atoms with E-state index in [2.05, 4.69) is 25.5 Å². The Morgan fingerprint density at radius 3 is 2.50 bits per heavy atom. The number of aromatic amines is 1. The highest BCUT2D eigenvalue weighted by Gasteiger charge is 2.36. The Labute approximate surface area is 144 Å². The number of carboxylic acids is 1. The number of nitrogens with zero attached hydrogens (tertiary/aromatic N) is 5. The number of alkyl halides is 3. The predicted octanol–water partition coefficient (Wildman–Crippen LogP) is 0.942. The Hall–Kier alpha value is -2.99. The molecule has 0 aromatic carbocycles. The third kappa shape index (κ3) is 3.97. The molecule has 0 fully saturated rings. The van der Waals surface area contributed by atoms with Crippen LogP contribution in [0.15, 0.2) is 0 Å². The van der Waals surface area contributed by atoms with Crippen molar-refractivity contribution >= 4 is 11.9 Å². The van der Waals surface area contributed by atoms with Crippen molar-refractivity contribution in [3.8, 4) is 5.95 Å². The zero-order valence-electron chi connectivity index (χ0n) is 14.0. The van der Waals surface area contributed by atoms with Gasteiger partial charge in [-0.3, -0.25) is 9.89 Å². The number of carbonyl (C=O) groups is 2. The van der Waals surface area contributed by atoms with E-state index in [1.165, 1.54) is 6.92 Å². The fourth-order valence-corrected chi connectivity index (χ4v) is 2.04. The standard InChI is InChI=1S/C13H16F3N7O3/c1-4-5(2)7(10(25)26)18-9(24)8-17-6(3)23(22-8)12-19-11(20-21-12)13(14,15)16/h5,7H,4H2,1-3H3,(H,18,24)(H,25,26)(H,19,20,21). The number of rotatable bonds is 6. The van der Waals surface area contributed by atoms with Crippen LogP contribution in [0.2, 0.25) is 0 Å². The van der Waals surface area contributed by atoms with E-state index >= 15 is 0 Å². The minimum atomic E-state index is -4.72. The van der Waals surface area contributed by atoms with Crippen molar-refractivity contribution in [2.45, 2.75) is 39.4 Å². The van der Waals surface area contributed by atoms with Crippen LogP contribution in [0.3, 0.4) is 0 Å². The smallest absolute Gasteiger partial charge is 0.451 e. The molecular weight excluding hydrogens is 359 g/mol. The molecule has 0 aliphatic rings. The van der Waals surface area contributed by atoms with Crippen LogP contribution in [0.4, 0.5) is 13.2 Å². The van der Waals surface area contributed by atoms with Gasteiger partial charge < -0.3 is 10.4 Å². The third-order valence-electron chi connectivity index (χ3n) is 3.67. The van der Waals surface area contributed by atoms with Crippen molar-refractivity contribution in [3.05, 3.63) is 17.5 Å². The van der Waals surface area contributed by atoms with Crippen molar-refractivity contribution < 1.29 is 27.9 Å². The largest absolute Gasteiger partial charge is 0.480 e. The maximum atomic E-state index is 12.6. The molecule has 0 saturated carbocycles. The van der Waals surface area contributed by atoms with Gasteiger partial charge in [-0.25, -0.2) is 9.78 Å². The van der Waals surface area contributed by atoms with Crippen LogP contribution in [-0.2, 0) is 11.0 Å². The second-order valence-electron chi connectivity index (χ2n) is 5.55. The summed E-state index contributed by atoms with van der Waals surface area (Å²) >= 11 is 0. The van der Waals surface area contributed by atoms with E-state index in [9.17, 15) is 27.9 Å². The molecule has 1 amide bonds. The van der Waals surface area contributed by atoms with Gasteiger partial charge >= 0.3 is 12.1 Å². The van der Waals surface area contributed by atoms with Crippen LogP contribution in [0, 0.1) is 12.8 Å². The summed E-state index contributed by atoms with van der Waals surface area (Å²) in [5.41, 5.74) is 0. The van der Waals surface area contributed by atoms with Gasteiger partial charge in [0.2, 0.25) is 11.6 Å². The summed E-state index contributed by atoms with van der Waals surface area (Å²) in [6, 6.07) is -1.15. The van der Waals surface area contributed by atoms with Crippen molar-refractivity contribution in [3.63, 3.8) is 0 Å². The van der Waals surface area contributed by atoms with Crippen molar-refractivity contribution in [1.82, 2.24) is 35.3 Å². The molecule has 26 heavy (non-hydrogen) atoms. The highest BCUT2D eigenvalue weighted by molar-refractivity contribution is 5.93. The second-order valence-corrected chi connectivity index (χ2v) is 5.55. The van der Waals surface area contributed by atoms with Gasteiger partial charge in [0.25, 0.3) is 11.9 Å². The molecule has 2 aromatic rings. The number of hydrogen-bond donors (Lipinski definition) is 3. The first-order chi connectivity index (χ1) is 12.0. The lowest BCUT2D eigenvalue weighted by molar-refractivity contribution is -0.144. The summed E-state index contributed by atoms with van der Waals surface area (Å²) in [6.45, 7) is 4.81. The number of halogens is 3. The number of aliphatic carboxylic acids is 1. The number of H-pyrrole nitrogens is 1. The average Bonchev–Trinajstić information content (AvgIpc) is 3.17. The average molecular weight is 375 g/mol. The second kappa shape index (κ2) is 7.09. The number of aromatic nitrogens is 6. The number of amides is 1. The van der Waals surface area contributed by atoms with Gasteiger partial charge in [-0.05, 0) is 12.8 Å². The molecule has 2 rings (SSSR count).